The highest BCUT2D eigenvalue weighted by molar-refractivity contribution is 7.89. The molecule has 0 aromatic heterocycles. The van der Waals surface area contributed by atoms with Crippen LogP contribution in [0.1, 0.15) is 16.7 Å². The lowest BCUT2D eigenvalue weighted by molar-refractivity contribution is -0.131. The van der Waals surface area contributed by atoms with Gasteiger partial charge in [0.25, 0.3) is 0 Å². The summed E-state index contributed by atoms with van der Waals surface area (Å²) < 4.78 is 28.4. The van der Waals surface area contributed by atoms with E-state index in [1.165, 1.54) is 4.31 Å². The van der Waals surface area contributed by atoms with Crippen LogP contribution in [0, 0.1) is 13.8 Å². The Morgan fingerprint density at radius 3 is 2.15 bits per heavy atom. The third kappa shape index (κ3) is 5.66. The molecule has 6 nitrogen and oxygen atoms in total. The number of hydrogen-bond donors (Lipinski definition) is 0. The maximum absolute atomic E-state index is 13.5. The summed E-state index contributed by atoms with van der Waals surface area (Å²) in [7, 11) is -3.84. The van der Waals surface area contributed by atoms with E-state index in [9.17, 15) is 13.2 Å². The van der Waals surface area contributed by atoms with Crippen molar-refractivity contribution in [3.63, 3.8) is 0 Å². The van der Waals surface area contributed by atoms with Gasteiger partial charge in [0.1, 0.15) is 0 Å². The SMILES string of the molecule is Cc1ccc(S(=O)(=O)N(CC(=O)N2CCN(c3ccccc3)CC2)Cc2cccc(C)c2)cc1. The molecule has 1 heterocycles. The molecule has 1 saturated heterocycles. The second kappa shape index (κ2) is 10.4. The Labute approximate surface area is 202 Å². The molecule has 1 aliphatic heterocycles. The number of amides is 1. The molecule has 0 saturated carbocycles. The first kappa shape index (κ1) is 24.0. The summed E-state index contributed by atoms with van der Waals surface area (Å²) in [6.45, 7) is 6.42. The average Bonchev–Trinajstić information content (AvgIpc) is 2.84. The van der Waals surface area contributed by atoms with Gasteiger partial charge in [0.05, 0.1) is 11.4 Å². The highest BCUT2D eigenvalue weighted by atomic mass is 32.2. The van der Waals surface area contributed by atoms with Crippen molar-refractivity contribution >= 4 is 21.6 Å². The summed E-state index contributed by atoms with van der Waals surface area (Å²) in [6, 6.07) is 24.6. The van der Waals surface area contributed by atoms with Gasteiger partial charge in [-0.25, -0.2) is 8.42 Å². The number of benzene rings is 3. The Morgan fingerprint density at radius 1 is 0.824 bits per heavy atom. The lowest BCUT2D eigenvalue weighted by Gasteiger charge is -2.37. The zero-order valence-corrected chi connectivity index (χ0v) is 20.5. The smallest absolute Gasteiger partial charge is 0.243 e. The highest BCUT2D eigenvalue weighted by Gasteiger charge is 2.30. The van der Waals surface area contributed by atoms with E-state index >= 15 is 0 Å². The molecule has 0 unspecified atom stereocenters. The molecular formula is C27H31N3O3S. The Kier molecular flexibility index (Phi) is 7.34. The number of aryl methyl sites for hydroxylation is 2. The topological polar surface area (TPSA) is 60.9 Å². The van der Waals surface area contributed by atoms with Crippen LogP contribution in [-0.4, -0.2) is 56.3 Å². The molecule has 4 rings (SSSR count). The van der Waals surface area contributed by atoms with Crippen molar-refractivity contribution in [2.75, 3.05) is 37.6 Å². The number of rotatable bonds is 7. The van der Waals surface area contributed by atoms with Crippen molar-refractivity contribution in [3.05, 3.63) is 95.6 Å². The van der Waals surface area contributed by atoms with E-state index in [-0.39, 0.29) is 23.9 Å². The van der Waals surface area contributed by atoms with Gasteiger partial charge in [0, 0.05) is 38.4 Å². The van der Waals surface area contributed by atoms with Crippen LogP contribution in [0.15, 0.2) is 83.8 Å². The maximum atomic E-state index is 13.5. The number of para-hydroxylation sites is 1. The van der Waals surface area contributed by atoms with Gasteiger partial charge in [-0.1, -0.05) is 65.7 Å². The van der Waals surface area contributed by atoms with Crippen LogP contribution in [0.2, 0.25) is 0 Å². The molecule has 1 aliphatic rings. The summed E-state index contributed by atoms with van der Waals surface area (Å²) in [5.41, 5.74) is 4.03. The quantitative estimate of drug-likeness (QED) is 0.519. The number of hydrogen-bond acceptors (Lipinski definition) is 4. The van der Waals surface area contributed by atoms with Crippen LogP contribution in [0.4, 0.5) is 5.69 Å². The monoisotopic (exact) mass is 477 g/mol. The van der Waals surface area contributed by atoms with Crippen LogP contribution < -0.4 is 4.90 Å². The Bertz CT molecular complexity index is 1220. The molecule has 0 bridgehead atoms. The molecular weight excluding hydrogens is 446 g/mol. The van der Waals surface area contributed by atoms with Gasteiger partial charge in [0.2, 0.25) is 15.9 Å². The summed E-state index contributed by atoms with van der Waals surface area (Å²) >= 11 is 0. The second-order valence-electron chi connectivity index (χ2n) is 8.78. The maximum Gasteiger partial charge on any atom is 0.243 e. The van der Waals surface area contributed by atoms with Crippen LogP contribution >= 0.6 is 0 Å². The van der Waals surface area contributed by atoms with Gasteiger partial charge >= 0.3 is 0 Å². The van der Waals surface area contributed by atoms with Gasteiger partial charge < -0.3 is 9.80 Å². The molecule has 0 aliphatic carbocycles. The van der Waals surface area contributed by atoms with Gasteiger partial charge in [-0.3, -0.25) is 4.79 Å². The summed E-state index contributed by atoms with van der Waals surface area (Å²) in [5.74, 6) is -0.170. The summed E-state index contributed by atoms with van der Waals surface area (Å²) in [6.07, 6.45) is 0. The van der Waals surface area contributed by atoms with Crippen LogP contribution in [0.3, 0.4) is 0 Å². The van der Waals surface area contributed by atoms with E-state index in [2.05, 4.69) is 17.0 Å². The Hall–Kier alpha value is -3.16. The molecule has 178 valence electrons. The number of sulfonamides is 1. The molecule has 3 aromatic carbocycles. The Balaban J connectivity index is 1.51. The molecule has 0 radical (unpaired) electrons. The number of carbonyl (C=O) groups excluding carboxylic acids is 1. The zero-order valence-electron chi connectivity index (χ0n) is 19.7. The second-order valence-corrected chi connectivity index (χ2v) is 10.7. The van der Waals surface area contributed by atoms with Gasteiger partial charge in [-0.05, 0) is 43.7 Å². The molecule has 1 amide bonds. The van der Waals surface area contributed by atoms with Crippen molar-refractivity contribution in [1.29, 1.82) is 0 Å². The molecule has 34 heavy (non-hydrogen) atoms. The van der Waals surface area contributed by atoms with Crippen molar-refractivity contribution in [2.24, 2.45) is 0 Å². The first-order valence-electron chi connectivity index (χ1n) is 11.5. The van der Waals surface area contributed by atoms with Crippen molar-refractivity contribution < 1.29 is 13.2 Å². The van der Waals surface area contributed by atoms with E-state index in [1.807, 2.05) is 56.3 Å². The minimum Gasteiger partial charge on any atom is -0.368 e. The highest BCUT2D eigenvalue weighted by Crippen LogP contribution is 2.21. The minimum absolute atomic E-state index is 0.146. The molecule has 0 atom stereocenters. The molecule has 3 aromatic rings. The lowest BCUT2D eigenvalue weighted by Crippen LogP contribution is -2.51. The number of carbonyl (C=O) groups is 1. The van der Waals surface area contributed by atoms with E-state index < -0.39 is 10.0 Å². The standard InChI is InChI=1S/C27H31N3O3S/c1-22-11-13-26(14-12-22)34(32,33)30(20-24-8-6-7-23(2)19-24)21-27(31)29-17-15-28(16-18-29)25-9-4-3-5-10-25/h3-14,19H,15-18,20-21H2,1-2H3. The van der Waals surface area contributed by atoms with Crippen LogP contribution in [0.25, 0.3) is 0 Å². The van der Waals surface area contributed by atoms with E-state index in [0.717, 1.165) is 35.5 Å². The average molecular weight is 478 g/mol. The first-order chi connectivity index (χ1) is 16.3. The van der Waals surface area contributed by atoms with Crippen molar-refractivity contribution in [2.45, 2.75) is 25.3 Å². The largest absolute Gasteiger partial charge is 0.368 e. The van der Waals surface area contributed by atoms with Crippen molar-refractivity contribution in [3.8, 4) is 0 Å². The third-order valence-corrected chi connectivity index (χ3v) is 7.97. The van der Waals surface area contributed by atoms with Gasteiger partial charge in [0.15, 0.2) is 0 Å². The molecule has 0 spiro atoms. The molecule has 7 heteroatoms. The molecule has 0 N–H and O–H groups in total. The summed E-state index contributed by atoms with van der Waals surface area (Å²) in [5, 5.41) is 0. The van der Waals surface area contributed by atoms with Crippen molar-refractivity contribution in [1.82, 2.24) is 9.21 Å². The lowest BCUT2D eigenvalue weighted by atomic mass is 10.1. The fraction of sp³-hybridized carbons (Fsp3) is 0.296. The fourth-order valence-corrected chi connectivity index (χ4v) is 5.58. The first-order valence-corrected chi connectivity index (χ1v) is 13.0. The number of nitrogens with zero attached hydrogens (tertiary/aromatic N) is 3. The van der Waals surface area contributed by atoms with E-state index in [0.29, 0.717) is 13.1 Å². The Morgan fingerprint density at radius 2 is 1.50 bits per heavy atom. The normalized spacial score (nSPS) is 14.4. The predicted molar refractivity (Wildman–Crippen MR) is 135 cm³/mol. The van der Waals surface area contributed by atoms with Gasteiger partial charge in [-0.15, -0.1) is 0 Å². The summed E-state index contributed by atoms with van der Waals surface area (Å²) in [4.78, 5) is 17.5. The third-order valence-electron chi connectivity index (χ3n) is 6.17. The van der Waals surface area contributed by atoms with E-state index in [4.69, 9.17) is 0 Å². The van der Waals surface area contributed by atoms with E-state index in [1.54, 1.807) is 29.2 Å². The fourth-order valence-electron chi connectivity index (χ4n) is 4.20. The van der Waals surface area contributed by atoms with Gasteiger partial charge in [-0.2, -0.15) is 4.31 Å². The van der Waals surface area contributed by atoms with Crippen LogP contribution in [-0.2, 0) is 21.4 Å². The zero-order chi connectivity index (χ0) is 24.1. The predicted octanol–water partition coefficient (Wildman–Crippen LogP) is 3.84. The van der Waals surface area contributed by atoms with Crippen LogP contribution in [0.5, 0.6) is 0 Å². The number of piperazine rings is 1. The number of anilines is 1. The minimum atomic E-state index is -3.84. The molecule has 1 fully saturated rings.